The van der Waals surface area contributed by atoms with Crippen LogP contribution in [0.15, 0.2) is 30.9 Å². The maximum absolute atomic E-state index is 11.5. The molecule has 5 nitrogen and oxygen atoms in total. The van der Waals surface area contributed by atoms with E-state index in [1.54, 1.807) is 25.1 Å². The number of carboxylic acids is 1. The SMILES string of the molecule is C=CCCNC(=O)Nc1ccc(C)cc1C(=O)O. The number of aromatic carboxylic acids is 1. The zero-order chi connectivity index (χ0) is 13.5. The van der Waals surface area contributed by atoms with E-state index in [1.165, 1.54) is 6.07 Å². The Morgan fingerprint density at radius 2 is 2.17 bits per heavy atom. The highest BCUT2D eigenvalue weighted by Crippen LogP contribution is 2.17. The van der Waals surface area contributed by atoms with Crippen molar-refractivity contribution in [2.24, 2.45) is 0 Å². The van der Waals surface area contributed by atoms with Crippen LogP contribution in [0, 0.1) is 6.92 Å². The van der Waals surface area contributed by atoms with Crippen molar-refractivity contribution < 1.29 is 14.7 Å². The Morgan fingerprint density at radius 3 is 2.78 bits per heavy atom. The fraction of sp³-hybridized carbons (Fsp3) is 0.231. The third-order valence-corrected chi connectivity index (χ3v) is 2.29. The van der Waals surface area contributed by atoms with Crippen LogP contribution < -0.4 is 10.6 Å². The molecule has 0 saturated carbocycles. The van der Waals surface area contributed by atoms with Crippen LogP contribution in [-0.4, -0.2) is 23.7 Å². The largest absolute Gasteiger partial charge is 0.478 e. The normalized spacial score (nSPS) is 9.61. The number of carbonyl (C=O) groups excluding carboxylic acids is 1. The number of benzene rings is 1. The third-order valence-electron chi connectivity index (χ3n) is 2.29. The molecule has 96 valence electrons. The molecule has 0 atom stereocenters. The first kappa shape index (κ1) is 13.8. The lowest BCUT2D eigenvalue weighted by atomic mass is 10.1. The molecule has 0 bridgehead atoms. The molecular formula is C13H16N2O3. The number of carboxylic acid groups (broad SMARTS) is 1. The first-order valence-corrected chi connectivity index (χ1v) is 5.54. The third kappa shape index (κ3) is 3.93. The summed E-state index contributed by atoms with van der Waals surface area (Å²) in [4.78, 5) is 22.5. The summed E-state index contributed by atoms with van der Waals surface area (Å²) < 4.78 is 0. The molecule has 0 spiro atoms. The minimum Gasteiger partial charge on any atom is -0.478 e. The summed E-state index contributed by atoms with van der Waals surface area (Å²) >= 11 is 0. The Hall–Kier alpha value is -2.30. The molecule has 2 amide bonds. The van der Waals surface area contributed by atoms with Crippen LogP contribution in [0.5, 0.6) is 0 Å². The number of hydrogen-bond donors (Lipinski definition) is 3. The highest BCUT2D eigenvalue weighted by Gasteiger charge is 2.12. The van der Waals surface area contributed by atoms with E-state index in [2.05, 4.69) is 17.2 Å². The van der Waals surface area contributed by atoms with Gasteiger partial charge >= 0.3 is 12.0 Å². The number of nitrogens with one attached hydrogen (secondary N) is 2. The number of amides is 2. The number of aryl methyl sites for hydroxylation is 1. The summed E-state index contributed by atoms with van der Waals surface area (Å²) in [6.07, 6.45) is 2.35. The van der Waals surface area contributed by atoms with Crippen LogP contribution in [0.1, 0.15) is 22.3 Å². The number of rotatable bonds is 5. The van der Waals surface area contributed by atoms with Crippen molar-refractivity contribution in [1.29, 1.82) is 0 Å². The average Bonchev–Trinajstić information content (AvgIpc) is 2.31. The fourth-order valence-electron chi connectivity index (χ4n) is 1.40. The van der Waals surface area contributed by atoms with E-state index in [1.807, 2.05) is 0 Å². The van der Waals surface area contributed by atoms with Crippen molar-refractivity contribution in [3.05, 3.63) is 42.0 Å². The van der Waals surface area contributed by atoms with Crippen molar-refractivity contribution in [1.82, 2.24) is 5.32 Å². The monoisotopic (exact) mass is 248 g/mol. The smallest absolute Gasteiger partial charge is 0.337 e. The molecule has 0 heterocycles. The van der Waals surface area contributed by atoms with Gasteiger partial charge in [-0.05, 0) is 25.5 Å². The van der Waals surface area contributed by atoms with Crippen LogP contribution >= 0.6 is 0 Å². The second-order valence-corrected chi connectivity index (χ2v) is 3.81. The molecule has 1 aromatic rings. The molecule has 5 heteroatoms. The van der Waals surface area contributed by atoms with Gasteiger partial charge in [-0.25, -0.2) is 9.59 Å². The van der Waals surface area contributed by atoms with Crippen molar-refractivity contribution in [2.75, 3.05) is 11.9 Å². The molecule has 1 rings (SSSR count). The van der Waals surface area contributed by atoms with Gasteiger partial charge in [0.15, 0.2) is 0 Å². The van der Waals surface area contributed by atoms with E-state index in [9.17, 15) is 9.59 Å². The minimum atomic E-state index is -1.07. The van der Waals surface area contributed by atoms with E-state index in [4.69, 9.17) is 5.11 Å². The van der Waals surface area contributed by atoms with E-state index < -0.39 is 12.0 Å². The molecule has 18 heavy (non-hydrogen) atoms. The lowest BCUT2D eigenvalue weighted by molar-refractivity contribution is 0.0698. The predicted octanol–water partition coefficient (Wildman–Crippen LogP) is 2.39. The maximum atomic E-state index is 11.5. The Morgan fingerprint density at radius 1 is 1.44 bits per heavy atom. The van der Waals surface area contributed by atoms with Gasteiger partial charge in [0.25, 0.3) is 0 Å². The first-order valence-electron chi connectivity index (χ1n) is 5.54. The Kier molecular flexibility index (Phi) is 4.92. The molecule has 0 aliphatic carbocycles. The number of carbonyl (C=O) groups is 2. The van der Waals surface area contributed by atoms with Crippen LogP contribution in [-0.2, 0) is 0 Å². The van der Waals surface area contributed by atoms with Crippen LogP contribution in [0.2, 0.25) is 0 Å². The van der Waals surface area contributed by atoms with Crippen molar-refractivity contribution in [2.45, 2.75) is 13.3 Å². The second kappa shape index (κ2) is 6.44. The standard InChI is InChI=1S/C13H16N2O3/c1-3-4-7-14-13(18)15-11-6-5-9(2)8-10(11)12(16)17/h3,5-6,8H,1,4,7H2,2H3,(H,16,17)(H2,14,15,18). The van der Waals surface area contributed by atoms with E-state index in [0.717, 1.165) is 5.56 Å². The molecule has 1 aromatic carbocycles. The molecule has 0 saturated heterocycles. The maximum Gasteiger partial charge on any atom is 0.337 e. The summed E-state index contributed by atoms with van der Waals surface area (Å²) in [6, 6.07) is 4.41. The zero-order valence-corrected chi connectivity index (χ0v) is 10.2. The van der Waals surface area contributed by atoms with Gasteiger partial charge in [0.1, 0.15) is 0 Å². The van der Waals surface area contributed by atoms with Gasteiger partial charge in [0.2, 0.25) is 0 Å². The molecule has 0 aromatic heterocycles. The predicted molar refractivity (Wildman–Crippen MR) is 70.0 cm³/mol. The average molecular weight is 248 g/mol. The van der Waals surface area contributed by atoms with Crippen LogP contribution in [0.4, 0.5) is 10.5 Å². The topological polar surface area (TPSA) is 78.4 Å². The Labute approximate surface area is 106 Å². The highest BCUT2D eigenvalue weighted by molar-refractivity contribution is 6.00. The lowest BCUT2D eigenvalue weighted by Crippen LogP contribution is -2.30. The molecular weight excluding hydrogens is 232 g/mol. The second-order valence-electron chi connectivity index (χ2n) is 3.81. The van der Waals surface area contributed by atoms with Crippen molar-refractivity contribution in [3.63, 3.8) is 0 Å². The Bertz CT molecular complexity index is 469. The van der Waals surface area contributed by atoms with E-state index in [0.29, 0.717) is 13.0 Å². The summed E-state index contributed by atoms with van der Waals surface area (Å²) in [5, 5.41) is 14.1. The fourth-order valence-corrected chi connectivity index (χ4v) is 1.40. The van der Waals surface area contributed by atoms with Gasteiger partial charge in [0.05, 0.1) is 11.3 Å². The Balaban J connectivity index is 2.74. The number of urea groups is 1. The van der Waals surface area contributed by atoms with Gasteiger partial charge in [-0.15, -0.1) is 6.58 Å². The quantitative estimate of drug-likeness (QED) is 0.553. The van der Waals surface area contributed by atoms with Crippen molar-refractivity contribution >= 4 is 17.7 Å². The molecule has 3 N–H and O–H groups in total. The van der Waals surface area contributed by atoms with Crippen LogP contribution in [0.3, 0.4) is 0 Å². The van der Waals surface area contributed by atoms with Crippen LogP contribution in [0.25, 0.3) is 0 Å². The summed E-state index contributed by atoms with van der Waals surface area (Å²) in [7, 11) is 0. The molecule has 0 fully saturated rings. The van der Waals surface area contributed by atoms with Gasteiger partial charge < -0.3 is 15.7 Å². The lowest BCUT2D eigenvalue weighted by Gasteiger charge is -2.10. The first-order chi connectivity index (χ1) is 8.54. The molecule has 0 aliphatic rings. The number of hydrogen-bond acceptors (Lipinski definition) is 2. The molecule has 0 aliphatic heterocycles. The van der Waals surface area contributed by atoms with E-state index in [-0.39, 0.29) is 11.3 Å². The summed E-state index contributed by atoms with van der Waals surface area (Å²) in [6.45, 7) is 5.79. The summed E-state index contributed by atoms with van der Waals surface area (Å²) in [5.41, 5.74) is 1.18. The summed E-state index contributed by atoms with van der Waals surface area (Å²) in [5.74, 6) is -1.07. The molecule has 0 unspecified atom stereocenters. The van der Waals surface area contributed by atoms with E-state index >= 15 is 0 Å². The van der Waals surface area contributed by atoms with Gasteiger partial charge in [-0.1, -0.05) is 17.7 Å². The minimum absolute atomic E-state index is 0.0777. The highest BCUT2D eigenvalue weighted by atomic mass is 16.4. The van der Waals surface area contributed by atoms with Crippen molar-refractivity contribution in [3.8, 4) is 0 Å². The van der Waals surface area contributed by atoms with Gasteiger partial charge in [-0.3, -0.25) is 0 Å². The number of anilines is 1. The molecule has 0 radical (unpaired) electrons. The zero-order valence-electron chi connectivity index (χ0n) is 10.2. The van der Waals surface area contributed by atoms with Gasteiger partial charge in [0, 0.05) is 6.54 Å². The van der Waals surface area contributed by atoms with Gasteiger partial charge in [-0.2, -0.15) is 0 Å².